The van der Waals surface area contributed by atoms with Crippen molar-refractivity contribution in [3.63, 3.8) is 0 Å². The molecule has 4 rings (SSSR count). The summed E-state index contributed by atoms with van der Waals surface area (Å²) in [6.45, 7) is 2.09. The van der Waals surface area contributed by atoms with E-state index in [0.717, 1.165) is 22.3 Å². The SMILES string of the molecule is CCOCC(NOCc1cc(Cc2ccccc2)ccc1C(=O)O)NC(=O)c1cc(Cc2ccccc2)ccc1C(=O)O. The minimum Gasteiger partial charge on any atom is -0.478 e. The fraction of sp³-hybridized carbons (Fsp3) is 0.206. The van der Waals surface area contributed by atoms with Gasteiger partial charge < -0.3 is 20.3 Å². The number of carbonyl (C=O) groups is 3. The Kier molecular flexibility index (Phi) is 11.2. The molecule has 4 aromatic rings. The van der Waals surface area contributed by atoms with Crippen molar-refractivity contribution in [2.24, 2.45) is 0 Å². The Hall–Kier alpha value is -4.83. The van der Waals surface area contributed by atoms with Crippen molar-refractivity contribution in [1.29, 1.82) is 0 Å². The first-order valence-electron chi connectivity index (χ1n) is 13.9. The van der Waals surface area contributed by atoms with Crippen molar-refractivity contribution >= 4 is 17.8 Å². The molecule has 9 heteroatoms. The monoisotopic (exact) mass is 582 g/mol. The van der Waals surface area contributed by atoms with Gasteiger partial charge in [0.2, 0.25) is 0 Å². The topological polar surface area (TPSA) is 134 Å². The van der Waals surface area contributed by atoms with Gasteiger partial charge in [-0.05, 0) is 65.8 Å². The summed E-state index contributed by atoms with van der Waals surface area (Å²) >= 11 is 0. The first-order valence-corrected chi connectivity index (χ1v) is 13.9. The summed E-state index contributed by atoms with van der Waals surface area (Å²) in [6, 6.07) is 29.3. The number of carboxylic acid groups (broad SMARTS) is 2. The van der Waals surface area contributed by atoms with Gasteiger partial charge in [0, 0.05) is 6.61 Å². The summed E-state index contributed by atoms with van der Waals surface area (Å²) in [7, 11) is 0. The molecule has 0 heterocycles. The average Bonchev–Trinajstić information content (AvgIpc) is 3.00. The smallest absolute Gasteiger partial charge is 0.336 e. The van der Waals surface area contributed by atoms with Crippen molar-refractivity contribution in [3.8, 4) is 0 Å². The number of rotatable bonds is 15. The maximum absolute atomic E-state index is 13.3. The van der Waals surface area contributed by atoms with E-state index in [0.29, 0.717) is 25.0 Å². The van der Waals surface area contributed by atoms with Crippen LogP contribution in [-0.4, -0.2) is 47.4 Å². The van der Waals surface area contributed by atoms with E-state index in [1.54, 1.807) is 37.3 Å². The van der Waals surface area contributed by atoms with Gasteiger partial charge in [-0.3, -0.25) is 9.63 Å². The second-order valence-corrected chi connectivity index (χ2v) is 9.90. The summed E-state index contributed by atoms with van der Waals surface area (Å²) in [4.78, 5) is 42.8. The van der Waals surface area contributed by atoms with Gasteiger partial charge in [0.05, 0.1) is 29.9 Å². The molecule has 0 saturated carbocycles. The van der Waals surface area contributed by atoms with Crippen LogP contribution in [0.25, 0.3) is 0 Å². The molecular formula is C34H34N2O7. The Bertz CT molecular complexity index is 1540. The van der Waals surface area contributed by atoms with E-state index in [2.05, 4.69) is 10.8 Å². The Morgan fingerprint density at radius 1 is 0.698 bits per heavy atom. The Morgan fingerprint density at radius 3 is 1.81 bits per heavy atom. The highest BCUT2D eigenvalue weighted by molar-refractivity contribution is 6.05. The van der Waals surface area contributed by atoms with Crippen molar-refractivity contribution < 1.29 is 34.2 Å². The lowest BCUT2D eigenvalue weighted by molar-refractivity contribution is -0.0279. The molecule has 4 N–H and O–H groups in total. The molecule has 0 aliphatic heterocycles. The van der Waals surface area contributed by atoms with E-state index in [4.69, 9.17) is 9.57 Å². The quantitative estimate of drug-likeness (QED) is 0.113. The van der Waals surface area contributed by atoms with Crippen LogP contribution in [0.3, 0.4) is 0 Å². The van der Waals surface area contributed by atoms with Crippen LogP contribution < -0.4 is 10.8 Å². The van der Waals surface area contributed by atoms with Gasteiger partial charge in [-0.2, -0.15) is 5.48 Å². The number of aromatic carboxylic acids is 2. The number of hydrogen-bond acceptors (Lipinski definition) is 6. The molecule has 9 nitrogen and oxygen atoms in total. The largest absolute Gasteiger partial charge is 0.478 e. The van der Waals surface area contributed by atoms with Gasteiger partial charge in [0.25, 0.3) is 5.91 Å². The van der Waals surface area contributed by atoms with Crippen LogP contribution in [0.2, 0.25) is 0 Å². The Morgan fingerprint density at radius 2 is 1.26 bits per heavy atom. The third-order valence-electron chi connectivity index (χ3n) is 6.71. The molecule has 0 bridgehead atoms. The molecule has 43 heavy (non-hydrogen) atoms. The van der Waals surface area contributed by atoms with E-state index in [-0.39, 0.29) is 29.9 Å². The predicted molar refractivity (Wildman–Crippen MR) is 161 cm³/mol. The average molecular weight is 583 g/mol. The fourth-order valence-corrected chi connectivity index (χ4v) is 4.62. The normalized spacial score (nSPS) is 11.6. The summed E-state index contributed by atoms with van der Waals surface area (Å²) in [5.74, 6) is -2.93. The lowest BCUT2D eigenvalue weighted by atomic mass is 9.98. The molecule has 1 atom stereocenters. The molecule has 0 saturated heterocycles. The maximum atomic E-state index is 13.3. The number of hydrogen-bond donors (Lipinski definition) is 4. The third kappa shape index (κ3) is 9.08. The van der Waals surface area contributed by atoms with E-state index >= 15 is 0 Å². The van der Waals surface area contributed by atoms with E-state index < -0.39 is 24.0 Å². The molecule has 222 valence electrons. The molecule has 4 aromatic carbocycles. The Labute approximate surface area is 250 Å². The number of carboxylic acids is 2. The molecule has 1 amide bonds. The number of amides is 1. The number of nitrogens with one attached hydrogen (secondary N) is 2. The summed E-state index contributed by atoms with van der Waals surface area (Å²) in [5.41, 5.74) is 6.99. The van der Waals surface area contributed by atoms with Crippen LogP contribution in [0, 0.1) is 0 Å². The van der Waals surface area contributed by atoms with Gasteiger partial charge in [0.1, 0.15) is 6.17 Å². The fourth-order valence-electron chi connectivity index (χ4n) is 4.62. The lowest BCUT2D eigenvalue weighted by Gasteiger charge is -2.21. The summed E-state index contributed by atoms with van der Waals surface area (Å²) < 4.78 is 5.50. The minimum absolute atomic E-state index is 0.00556. The second-order valence-electron chi connectivity index (χ2n) is 9.90. The van der Waals surface area contributed by atoms with Crippen LogP contribution in [-0.2, 0) is 29.0 Å². The maximum Gasteiger partial charge on any atom is 0.336 e. The molecule has 0 spiro atoms. The number of ether oxygens (including phenoxy) is 1. The van der Waals surface area contributed by atoms with E-state index in [1.165, 1.54) is 6.07 Å². The highest BCUT2D eigenvalue weighted by Gasteiger charge is 2.21. The molecule has 0 aliphatic carbocycles. The Balaban J connectivity index is 1.47. The van der Waals surface area contributed by atoms with Gasteiger partial charge in [-0.15, -0.1) is 0 Å². The van der Waals surface area contributed by atoms with Crippen LogP contribution in [0.15, 0.2) is 97.1 Å². The zero-order valence-corrected chi connectivity index (χ0v) is 23.8. The van der Waals surface area contributed by atoms with Crippen LogP contribution in [0.5, 0.6) is 0 Å². The van der Waals surface area contributed by atoms with Crippen molar-refractivity contribution in [2.75, 3.05) is 13.2 Å². The molecule has 0 aliphatic rings. The van der Waals surface area contributed by atoms with Gasteiger partial charge in [0.15, 0.2) is 0 Å². The number of hydroxylamine groups is 1. The van der Waals surface area contributed by atoms with Crippen molar-refractivity contribution in [2.45, 2.75) is 32.5 Å². The minimum atomic E-state index is -1.22. The van der Waals surface area contributed by atoms with Gasteiger partial charge in [-0.25, -0.2) is 9.59 Å². The first kappa shape index (κ1) is 31.1. The second kappa shape index (κ2) is 15.4. The molecule has 0 aromatic heterocycles. The first-order chi connectivity index (χ1) is 20.8. The summed E-state index contributed by atoms with van der Waals surface area (Å²) in [6.07, 6.45) is 0.298. The highest BCUT2D eigenvalue weighted by Crippen LogP contribution is 2.18. The molecule has 1 unspecified atom stereocenters. The molecular weight excluding hydrogens is 548 g/mol. The highest BCUT2D eigenvalue weighted by atomic mass is 16.6. The standard InChI is InChI=1S/C34H34N2O7/c1-2-42-22-31(35-32(37)30-20-26(14-16-29(30)34(40)41)18-24-11-7-4-8-12-24)36-43-21-27-19-25(13-15-28(27)33(38)39)17-23-9-5-3-6-10-23/h3-16,19-20,31,36H,2,17-18,21-22H2,1H3,(H,35,37)(H,38,39)(H,40,41). The predicted octanol–water partition coefficient (Wildman–Crippen LogP) is 5.08. The lowest BCUT2D eigenvalue weighted by Crippen LogP contribution is -2.48. The third-order valence-corrected chi connectivity index (χ3v) is 6.71. The zero-order valence-electron chi connectivity index (χ0n) is 23.8. The molecule has 0 fully saturated rings. The number of benzene rings is 4. The van der Waals surface area contributed by atoms with Crippen LogP contribution in [0.4, 0.5) is 0 Å². The number of carbonyl (C=O) groups excluding carboxylic acids is 1. The van der Waals surface area contributed by atoms with Crippen molar-refractivity contribution in [3.05, 3.63) is 142 Å². The molecule has 0 radical (unpaired) electrons. The van der Waals surface area contributed by atoms with Gasteiger partial charge in [-0.1, -0.05) is 78.9 Å². The zero-order chi connectivity index (χ0) is 30.6. The summed E-state index contributed by atoms with van der Waals surface area (Å²) in [5, 5.41) is 22.2. The van der Waals surface area contributed by atoms with Gasteiger partial charge >= 0.3 is 11.9 Å². The van der Waals surface area contributed by atoms with Crippen LogP contribution >= 0.6 is 0 Å². The van der Waals surface area contributed by atoms with Crippen molar-refractivity contribution in [1.82, 2.24) is 10.8 Å². The van der Waals surface area contributed by atoms with E-state index in [1.807, 2.05) is 60.7 Å². The van der Waals surface area contributed by atoms with E-state index in [9.17, 15) is 24.6 Å². The van der Waals surface area contributed by atoms with Crippen LogP contribution in [0.1, 0.15) is 65.8 Å².